The fraction of sp³-hybridized carbons (Fsp3) is 0.111. The van der Waals surface area contributed by atoms with Gasteiger partial charge in [0, 0.05) is 5.56 Å². The summed E-state index contributed by atoms with van der Waals surface area (Å²) in [6.45, 7) is 0. The molecule has 0 radical (unpaired) electrons. The maximum Gasteiger partial charge on any atom is 0.203 e. The minimum Gasteiger partial charge on any atom is -0.497 e. The van der Waals surface area contributed by atoms with E-state index in [1.807, 2.05) is 6.07 Å². The van der Waals surface area contributed by atoms with Crippen molar-refractivity contribution in [2.75, 3.05) is 14.2 Å². The van der Waals surface area contributed by atoms with E-state index in [1.165, 1.54) is 32.4 Å². The third kappa shape index (κ3) is 3.74. The van der Waals surface area contributed by atoms with E-state index in [0.717, 1.165) is 0 Å². The summed E-state index contributed by atoms with van der Waals surface area (Å²) in [7, 11) is 2.85. The Hall–Kier alpha value is -3.13. The molecule has 2 rings (SSSR count). The highest BCUT2D eigenvalue weighted by atomic mass is 19.1. The molecule has 0 saturated carbocycles. The minimum absolute atomic E-state index is 0.0946. The van der Waals surface area contributed by atoms with Crippen molar-refractivity contribution < 1.29 is 18.7 Å². The van der Waals surface area contributed by atoms with Gasteiger partial charge in [0.15, 0.2) is 11.6 Å². The normalized spacial score (nSPS) is 10.8. The molecule has 5 heteroatoms. The Balaban J connectivity index is 2.36. The maximum absolute atomic E-state index is 13.7. The molecule has 4 nitrogen and oxygen atoms in total. The quantitative estimate of drug-likeness (QED) is 0.480. The summed E-state index contributed by atoms with van der Waals surface area (Å²) in [5, 5.41) is 9.23. The number of benzene rings is 2. The number of Topliss-reactive ketones (excluding diaryl/α,β-unsaturated/α-hetero) is 1. The number of carbonyl (C=O) groups is 1. The van der Waals surface area contributed by atoms with Gasteiger partial charge in [-0.2, -0.15) is 5.26 Å². The molecule has 0 amide bonds. The van der Waals surface area contributed by atoms with Gasteiger partial charge >= 0.3 is 0 Å². The highest BCUT2D eigenvalue weighted by Gasteiger charge is 2.13. The van der Waals surface area contributed by atoms with Gasteiger partial charge in [-0.05, 0) is 35.9 Å². The van der Waals surface area contributed by atoms with Crippen LogP contribution in [-0.2, 0) is 0 Å². The lowest BCUT2D eigenvalue weighted by Crippen LogP contribution is -2.02. The first-order chi connectivity index (χ1) is 11.1. The van der Waals surface area contributed by atoms with Crippen LogP contribution < -0.4 is 9.47 Å². The zero-order valence-electron chi connectivity index (χ0n) is 12.7. The average Bonchev–Trinajstić information content (AvgIpc) is 2.59. The number of allylic oxidation sites excluding steroid dienone is 1. The number of halogens is 1. The van der Waals surface area contributed by atoms with Crippen molar-refractivity contribution in [2.24, 2.45) is 0 Å². The van der Waals surface area contributed by atoms with Gasteiger partial charge in [-0.1, -0.05) is 18.2 Å². The highest BCUT2D eigenvalue weighted by molar-refractivity contribution is 6.14. The lowest BCUT2D eigenvalue weighted by Gasteiger charge is -2.04. The number of rotatable bonds is 5. The van der Waals surface area contributed by atoms with E-state index in [9.17, 15) is 14.4 Å². The van der Waals surface area contributed by atoms with E-state index in [4.69, 9.17) is 9.47 Å². The van der Waals surface area contributed by atoms with Crippen LogP contribution in [-0.4, -0.2) is 20.0 Å². The van der Waals surface area contributed by atoms with Crippen LogP contribution in [0.4, 0.5) is 4.39 Å². The predicted octanol–water partition coefficient (Wildman–Crippen LogP) is 3.63. The summed E-state index contributed by atoms with van der Waals surface area (Å²) < 4.78 is 23.6. The van der Waals surface area contributed by atoms with Crippen molar-refractivity contribution >= 4 is 11.9 Å². The summed E-state index contributed by atoms with van der Waals surface area (Å²) in [6.07, 6.45) is 1.34. The third-order valence-corrected chi connectivity index (χ3v) is 3.18. The van der Waals surface area contributed by atoms with Crippen LogP contribution in [0.3, 0.4) is 0 Å². The zero-order valence-corrected chi connectivity index (χ0v) is 12.7. The summed E-state index contributed by atoms with van der Waals surface area (Å²) in [5.74, 6) is -0.404. The summed E-state index contributed by atoms with van der Waals surface area (Å²) in [4.78, 5) is 12.4. The molecule has 0 atom stereocenters. The van der Waals surface area contributed by atoms with E-state index < -0.39 is 11.6 Å². The molecule has 0 aliphatic carbocycles. The molecule has 0 fully saturated rings. The van der Waals surface area contributed by atoms with E-state index in [1.54, 1.807) is 30.3 Å². The maximum atomic E-state index is 13.7. The Morgan fingerprint density at radius 3 is 2.57 bits per heavy atom. The fourth-order valence-corrected chi connectivity index (χ4v) is 2.01. The molecule has 2 aromatic rings. The highest BCUT2D eigenvalue weighted by Crippen LogP contribution is 2.21. The topological polar surface area (TPSA) is 59.3 Å². The number of nitriles is 1. The van der Waals surface area contributed by atoms with Crippen molar-refractivity contribution in [3.8, 4) is 17.6 Å². The minimum atomic E-state index is -0.563. The lowest BCUT2D eigenvalue weighted by molar-refractivity contribution is 0.103. The van der Waals surface area contributed by atoms with Crippen LogP contribution in [0.15, 0.2) is 48.0 Å². The van der Waals surface area contributed by atoms with Crippen LogP contribution in [0.2, 0.25) is 0 Å². The monoisotopic (exact) mass is 311 g/mol. The van der Waals surface area contributed by atoms with Crippen LogP contribution in [0.1, 0.15) is 15.9 Å². The first-order valence-corrected chi connectivity index (χ1v) is 6.73. The molecule has 0 spiro atoms. The third-order valence-electron chi connectivity index (χ3n) is 3.18. The second kappa shape index (κ2) is 7.23. The number of ketones is 1. The molecular weight excluding hydrogens is 297 g/mol. The largest absolute Gasteiger partial charge is 0.497 e. The molecule has 0 saturated heterocycles. The molecular formula is C18H14FNO3. The average molecular weight is 311 g/mol. The first kappa shape index (κ1) is 16.2. The number of nitrogens with zero attached hydrogens (tertiary/aromatic N) is 1. The predicted molar refractivity (Wildman–Crippen MR) is 83.9 cm³/mol. The number of hydrogen-bond donors (Lipinski definition) is 0. The summed E-state index contributed by atoms with van der Waals surface area (Å²) in [6, 6.07) is 12.6. The number of methoxy groups -OCH3 is 2. The summed E-state index contributed by atoms with van der Waals surface area (Å²) in [5.41, 5.74) is 0.630. The molecule has 0 heterocycles. The van der Waals surface area contributed by atoms with Gasteiger partial charge in [-0.3, -0.25) is 4.79 Å². The van der Waals surface area contributed by atoms with Crippen molar-refractivity contribution in [2.45, 2.75) is 0 Å². The molecule has 0 aliphatic heterocycles. The molecule has 0 bridgehead atoms. The number of carbonyl (C=O) groups excluding carboxylic acids is 1. The van der Waals surface area contributed by atoms with Gasteiger partial charge in [-0.15, -0.1) is 0 Å². The van der Waals surface area contributed by atoms with E-state index in [-0.39, 0.29) is 11.3 Å². The van der Waals surface area contributed by atoms with Gasteiger partial charge in [0.1, 0.15) is 17.4 Å². The van der Waals surface area contributed by atoms with Crippen LogP contribution in [0.25, 0.3) is 6.08 Å². The standard InChI is InChI=1S/C18H14FNO3/c1-22-15-5-3-4-13(10-15)18(21)14(11-20)8-12-6-7-17(23-2)16(19)9-12/h3-10H,1-2H3/b14-8+. The Morgan fingerprint density at radius 1 is 1.17 bits per heavy atom. The van der Waals surface area contributed by atoms with Crippen molar-refractivity contribution in [3.63, 3.8) is 0 Å². The van der Waals surface area contributed by atoms with Crippen LogP contribution in [0, 0.1) is 17.1 Å². The fourth-order valence-electron chi connectivity index (χ4n) is 2.01. The van der Waals surface area contributed by atoms with E-state index >= 15 is 0 Å². The van der Waals surface area contributed by atoms with E-state index in [0.29, 0.717) is 16.9 Å². The Bertz CT molecular complexity index is 806. The van der Waals surface area contributed by atoms with E-state index in [2.05, 4.69) is 0 Å². The molecule has 116 valence electrons. The second-order valence-corrected chi connectivity index (χ2v) is 4.62. The Labute approximate surface area is 133 Å². The molecule has 2 aromatic carbocycles. The second-order valence-electron chi connectivity index (χ2n) is 4.62. The molecule has 23 heavy (non-hydrogen) atoms. The molecule has 0 aromatic heterocycles. The Morgan fingerprint density at radius 2 is 1.96 bits per heavy atom. The molecule has 0 N–H and O–H groups in total. The van der Waals surface area contributed by atoms with Crippen LogP contribution >= 0.6 is 0 Å². The zero-order chi connectivity index (χ0) is 16.8. The van der Waals surface area contributed by atoms with Gasteiger partial charge < -0.3 is 9.47 Å². The van der Waals surface area contributed by atoms with Gasteiger partial charge in [0.2, 0.25) is 5.78 Å². The van der Waals surface area contributed by atoms with Gasteiger partial charge in [0.05, 0.1) is 14.2 Å². The SMILES string of the molecule is COc1cccc(C(=O)/C(C#N)=C/c2ccc(OC)c(F)c2)c1. The van der Waals surface area contributed by atoms with Crippen molar-refractivity contribution in [3.05, 3.63) is 65.0 Å². The van der Waals surface area contributed by atoms with Crippen molar-refractivity contribution in [1.82, 2.24) is 0 Å². The number of ether oxygens (including phenoxy) is 2. The first-order valence-electron chi connectivity index (χ1n) is 6.73. The molecule has 0 unspecified atom stereocenters. The smallest absolute Gasteiger partial charge is 0.203 e. The van der Waals surface area contributed by atoms with Gasteiger partial charge in [0.25, 0.3) is 0 Å². The van der Waals surface area contributed by atoms with Crippen molar-refractivity contribution in [1.29, 1.82) is 5.26 Å². The number of hydrogen-bond acceptors (Lipinski definition) is 4. The lowest BCUT2D eigenvalue weighted by atomic mass is 10.0. The summed E-state index contributed by atoms with van der Waals surface area (Å²) >= 11 is 0. The van der Waals surface area contributed by atoms with Crippen LogP contribution in [0.5, 0.6) is 11.5 Å². The molecule has 0 aliphatic rings. The Kier molecular flexibility index (Phi) is 5.11. The van der Waals surface area contributed by atoms with Gasteiger partial charge in [-0.25, -0.2) is 4.39 Å².